The van der Waals surface area contributed by atoms with Gasteiger partial charge in [0.15, 0.2) is 11.6 Å². The molecule has 8 nitrogen and oxygen atoms in total. The third kappa shape index (κ3) is 3.97. The van der Waals surface area contributed by atoms with Crippen LogP contribution in [0.4, 0.5) is 24.7 Å². The van der Waals surface area contributed by atoms with Crippen LogP contribution in [0.25, 0.3) is 22.6 Å². The molecule has 0 unspecified atom stereocenters. The van der Waals surface area contributed by atoms with Crippen molar-refractivity contribution >= 4 is 23.7 Å². The summed E-state index contributed by atoms with van der Waals surface area (Å²) in [6.45, 7) is 5.97. The lowest BCUT2D eigenvalue weighted by atomic mass is 10.0. The topological polar surface area (TPSA) is 106 Å². The molecule has 0 bridgehead atoms. The van der Waals surface area contributed by atoms with E-state index in [-0.39, 0.29) is 17.9 Å². The summed E-state index contributed by atoms with van der Waals surface area (Å²) in [5.74, 6) is 1.13. The fraction of sp³-hybridized carbons (Fsp3) is 0.304. The maximum absolute atomic E-state index is 13.0. The number of fused-ring (bicyclic) bond motifs is 1. The van der Waals surface area contributed by atoms with E-state index < -0.39 is 11.7 Å². The van der Waals surface area contributed by atoms with E-state index in [2.05, 4.69) is 15.0 Å². The molecule has 3 heterocycles. The van der Waals surface area contributed by atoms with Crippen molar-refractivity contribution in [1.29, 1.82) is 10.8 Å². The monoisotopic (exact) mass is 468 g/mol. The molecule has 176 valence electrons. The number of hydrogen-bond donors (Lipinski definition) is 2. The second-order valence-corrected chi connectivity index (χ2v) is 8.07. The molecular weight excluding hydrogens is 445 g/mol. The second kappa shape index (κ2) is 8.81. The van der Waals surface area contributed by atoms with Crippen molar-refractivity contribution in [3.8, 4) is 22.6 Å². The molecule has 0 spiro atoms. The molecule has 0 fully saturated rings. The third-order valence-corrected chi connectivity index (χ3v) is 5.68. The van der Waals surface area contributed by atoms with Crippen molar-refractivity contribution in [2.24, 2.45) is 0 Å². The summed E-state index contributed by atoms with van der Waals surface area (Å²) >= 11 is 0. The number of benzene rings is 1. The number of halogens is 3. The first kappa shape index (κ1) is 23.3. The van der Waals surface area contributed by atoms with Crippen molar-refractivity contribution in [3.63, 3.8) is 0 Å². The van der Waals surface area contributed by atoms with E-state index in [1.807, 2.05) is 25.7 Å². The summed E-state index contributed by atoms with van der Waals surface area (Å²) in [6, 6.07) is 4.47. The molecule has 34 heavy (non-hydrogen) atoms. The van der Waals surface area contributed by atoms with Crippen molar-refractivity contribution in [3.05, 3.63) is 48.5 Å². The Morgan fingerprint density at radius 2 is 1.82 bits per heavy atom. The fourth-order valence-electron chi connectivity index (χ4n) is 4.10. The van der Waals surface area contributed by atoms with Crippen molar-refractivity contribution in [1.82, 2.24) is 19.9 Å². The van der Waals surface area contributed by atoms with Crippen LogP contribution in [0.2, 0.25) is 0 Å². The van der Waals surface area contributed by atoms with Crippen LogP contribution in [-0.2, 0) is 6.18 Å². The first-order valence-electron chi connectivity index (χ1n) is 10.7. The summed E-state index contributed by atoms with van der Waals surface area (Å²) in [4.78, 5) is 21.1. The lowest BCUT2D eigenvalue weighted by Gasteiger charge is -2.44. The average molecular weight is 468 g/mol. The Labute approximate surface area is 194 Å². The van der Waals surface area contributed by atoms with E-state index in [1.165, 1.54) is 29.6 Å². The smallest absolute Gasteiger partial charge is 0.342 e. The summed E-state index contributed by atoms with van der Waals surface area (Å²) in [7, 11) is 0. The van der Waals surface area contributed by atoms with Crippen LogP contribution in [0, 0.1) is 10.8 Å². The number of aromatic nitrogens is 4. The molecule has 2 N–H and O–H groups in total. The highest BCUT2D eigenvalue weighted by Crippen LogP contribution is 2.38. The van der Waals surface area contributed by atoms with Crippen LogP contribution in [0.3, 0.4) is 0 Å². The Bertz CT molecular complexity index is 1220. The van der Waals surface area contributed by atoms with E-state index >= 15 is 0 Å². The van der Waals surface area contributed by atoms with Crippen LogP contribution >= 0.6 is 0 Å². The number of hydrogen-bond acceptors (Lipinski definition) is 7. The number of nitrogens with one attached hydrogen (secondary N) is 2. The molecule has 11 heteroatoms. The van der Waals surface area contributed by atoms with Crippen molar-refractivity contribution < 1.29 is 13.2 Å². The second-order valence-electron chi connectivity index (χ2n) is 8.07. The minimum atomic E-state index is -4.43. The molecule has 0 amide bonds. The highest BCUT2D eigenvalue weighted by molar-refractivity contribution is 6.16. The lowest BCUT2D eigenvalue weighted by Crippen LogP contribution is -2.55. The van der Waals surface area contributed by atoms with E-state index in [4.69, 9.17) is 15.8 Å². The maximum atomic E-state index is 13.0. The molecule has 4 rings (SSSR count). The van der Waals surface area contributed by atoms with Gasteiger partial charge in [-0.1, -0.05) is 19.1 Å². The molecule has 0 aliphatic carbocycles. The molecule has 0 saturated heterocycles. The zero-order valence-electron chi connectivity index (χ0n) is 18.8. The zero-order chi connectivity index (χ0) is 24.6. The lowest BCUT2D eigenvalue weighted by molar-refractivity contribution is -0.137. The van der Waals surface area contributed by atoms with E-state index in [0.717, 1.165) is 18.5 Å². The average Bonchev–Trinajstić information content (AvgIpc) is 2.82. The zero-order valence-corrected chi connectivity index (χ0v) is 18.8. The first-order valence-corrected chi connectivity index (χ1v) is 10.7. The molecule has 1 atom stereocenters. The van der Waals surface area contributed by atoms with Gasteiger partial charge in [0.2, 0.25) is 0 Å². The van der Waals surface area contributed by atoms with Crippen molar-refractivity contribution in [2.45, 2.75) is 45.5 Å². The molecular formula is C23H23F3N8. The normalized spacial score (nSPS) is 16.1. The molecule has 1 aromatic carbocycles. The molecule has 2 aromatic heterocycles. The highest BCUT2D eigenvalue weighted by atomic mass is 19.4. The Morgan fingerprint density at radius 3 is 2.41 bits per heavy atom. The van der Waals surface area contributed by atoms with Crippen molar-refractivity contribution in [2.75, 3.05) is 9.80 Å². The van der Waals surface area contributed by atoms with Crippen LogP contribution in [-0.4, -0.2) is 44.2 Å². The van der Waals surface area contributed by atoms with Crippen LogP contribution in [0.15, 0.2) is 43.0 Å². The molecule has 3 aromatic rings. The van der Waals surface area contributed by atoms with Gasteiger partial charge in [-0.2, -0.15) is 13.2 Å². The minimum Gasteiger partial charge on any atom is -0.342 e. The summed E-state index contributed by atoms with van der Waals surface area (Å²) < 4.78 is 39.0. The Kier molecular flexibility index (Phi) is 6.03. The van der Waals surface area contributed by atoms with E-state index in [9.17, 15) is 13.2 Å². The van der Waals surface area contributed by atoms with Gasteiger partial charge in [-0.05, 0) is 32.4 Å². The number of alkyl halides is 3. The van der Waals surface area contributed by atoms with Gasteiger partial charge in [-0.25, -0.2) is 19.9 Å². The van der Waals surface area contributed by atoms with Gasteiger partial charge in [0, 0.05) is 17.8 Å². The van der Waals surface area contributed by atoms with Crippen LogP contribution < -0.4 is 9.80 Å². The Balaban J connectivity index is 1.85. The van der Waals surface area contributed by atoms with Gasteiger partial charge in [-0.3, -0.25) is 15.7 Å². The quantitative estimate of drug-likeness (QED) is 0.403. The first-order chi connectivity index (χ1) is 16.2. The van der Waals surface area contributed by atoms with Gasteiger partial charge in [0.05, 0.1) is 35.4 Å². The molecule has 0 saturated carbocycles. The largest absolute Gasteiger partial charge is 0.416 e. The van der Waals surface area contributed by atoms with E-state index in [0.29, 0.717) is 40.6 Å². The number of rotatable bonds is 5. The number of anilines is 2. The molecule has 1 aliphatic rings. The fourth-order valence-corrected chi connectivity index (χ4v) is 4.10. The number of amidine groups is 1. The van der Waals surface area contributed by atoms with Crippen LogP contribution in [0.5, 0.6) is 0 Å². The SMILES string of the molecule is CC[C@@H]1C(=N)N(C=N)c2cnc(-c3cncnc3-c3ccc(C(F)(F)F)cc3)nc2N1C(C)C. The van der Waals surface area contributed by atoms with Gasteiger partial charge in [0.1, 0.15) is 17.9 Å². The third-order valence-electron chi connectivity index (χ3n) is 5.68. The summed E-state index contributed by atoms with van der Waals surface area (Å²) in [5.41, 5.74) is 1.10. The predicted octanol–water partition coefficient (Wildman–Crippen LogP) is 5.02. The Morgan fingerprint density at radius 1 is 1.12 bits per heavy atom. The van der Waals surface area contributed by atoms with Gasteiger partial charge in [-0.15, -0.1) is 0 Å². The molecule has 0 radical (unpaired) electrons. The maximum Gasteiger partial charge on any atom is 0.416 e. The van der Waals surface area contributed by atoms with Crippen LogP contribution in [0.1, 0.15) is 32.8 Å². The predicted molar refractivity (Wildman–Crippen MR) is 124 cm³/mol. The standard InChI is InChI=1S/C23H23F3N8/c1-4-17-20(28)33(11-27)18-10-30-21(32-22(18)34(17)13(2)3)16-9-29-12-31-19(16)14-5-7-15(8-6-14)23(24,25)26/h5-13,17,27-28H,4H2,1-3H3/t17-/m1/s1. The van der Waals surface area contributed by atoms with Gasteiger partial charge >= 0.3 is 6.18 Å². The summed E-state index contributed by atoms with van der Waals surface area (Å²) in [6.07, 6.45) is 1.68. The number of nitrogens with zero attached hydrogens (tertiary/aromatic N) is 6. The van der Waals surface area contributed by atoms with Gasteiger partial charge < -0.3 is 4.90 Å². The van der Waals surface area contributed by atoms with Gasteiger partial charge in [0.25, 0.3) is 0 Å². The highest BCUT2D eigenvalue weighted by Gasteiger charge is 2.37. The summed E-state index contributed by atoms with van der Waals surface area (Å²) in [5, 5.41) is 16.4. The molecule has 1 aliphatic heterocycles. The van der Waals surface area contributed by atoms with E-state index in [1.54, 1.807) is 6.20 Å². The Hall–Kier alpha value is -3.89. The minimum absolute atomic E-state index is 0.0149.